The van der Waals surface area contributed by atoms with Gasteiger partial charge in [0.15, 0.2) is 0 Å². The standard InChI is InChI=1S/C20H22ClN3O4S/c1-20(2,3)10-4-6-13-15(8-10)29-19(16(13)17(22)25)23-18(26)12-7-5-11(24(27)28)9-14(12)21/h5,7,9-10H,4,6,8H2,1-3H3,(H2,22,25)(H,23,26). The molecule has 3 N–H and O–H groups in total. The summed E-state index contributed by atoms with van der Waals surface area (Å²) in [7, 11) is 0. The third-order valence-electron chi connectivity index (χ3n) is 5.37. The molecule has 0 bridgehead atoms. The van der Waals surface area contributed by atoms with Crippen LogP contribution < -0.4 is 11.1 Å². The number of nitro groups is 1. The molecule has 0 spiro atoms. The average molecular weight is 436 g/mol. The fraction of sp³-hybridized carbons (Fsp3) is 0.400. The molecule has 1 atom stereocenters. The summed E-state index contributed by atoms with van der Waals surface area (Å²) in [5.41, 5.74) is 6.91. The predicted octanol–water partition coefficient (Wildman–Crippen LogP) is 4.81. The molecule has 154 valence electrons. The van der Waals surface area contributed by atoms with Gasteiger partial charge in [0.05, 0.1) is 21.1 Å². The Morgan fingerprint density at radius 3 is 2.59 bits per heavy atom. The Bertz CT molecular complexity index is 1010. The van der Waals surface area contributed by atoms with Gasteiger partial charge in [-0.25, -0.2) is 0 Å². The largest absolute Gasteiger partial charge is 0.365 e. The fourth-order valence-electron chi connectivity index (χ4n) is 3.65. The van der Waals surface area contributed by atoms with E-state index in [2.05, 4.69) is 26.1 Å². The molecule has 0 saturated heterocycles. The number of nitro benzene ring substituents is 1. The first-order valence-corrected chi connectivity index (χ1v) is 10.4. The van der Waals surface area contributed by atoms with Crippen LogP contribution in [0.1, 0.15) is 58.3 Å². The van der Waals surface area contributed by atoms with Gasteiger partial charge in [-0.1, -0.05) is 32.4 Å². The molecular formula is C20H22ClN3O4S. The van der Waals surface area contributed by atoms with E-state index in [1.54, 1.807) is 0 Å². The lowest BCUT2D eigenvalue weighted by Crippen LogP contribution is -2.27. The first kappa shape index (κ1) is 21.3. The molecule has 1 heterocycles. The van der Waals surface area contributed by atoms with Gasteiger partial charge in [0.1, 0.15) is 5.00 Å². The summed E-state index contributed by atoms with van der Waals surface area (Å²) in [6.45, 7) is 6.60. The smallest absolute Gasteiger partial charge is 0.270 e. The number of nitrogens with zero attached hydrogens (tertiary/aromatic N) is 1. The van der Waals surface area contributed by atoms with Gasteiger partial charge in [0, 0.05) is 17.0 Å². The summed E-state index contributed by atoms with van der Waals surface area (Å²) >= 11 is 7.42. The van der Waals surface area contributed by atoms with E-state index < -0.39 is 16.7 Å². The molecule has 1 aromatic heterocycles. The second-order valence-corrected chi connectivity index (χ2v) is 9.77. The molecule has 2 aromatic rings. The maximum atomic E-state index is 12.7. The zero-order chi connectivity index (χ0) is 21.5. The summed E-state index contributed by atoms with van der Waals surface area (Å²) in [4.78, 5) is 36.2. The topological polar surface area (TPSA) is 115 Å². The van der Waals surface area contributed by atoms with E-state index in [0.717, 1.165) is 35.8 Å². The van der Waals surface area contributed by atoms with Crippen molar-refractivity contribution in [3.8, 4) is 0 Å². The van der Waals surface area contributed by atoms with Crippen molar-refractivity contribution in [2.75, 3.05) is 5.32 Å². The maximum absolute atomic E-state index is 12.7. The van der Waals surface area contributed by atoms with E-state index in [1.807, 2.05) is 0 Å². The molecule has 9 heteroatoms. The number of amides is 2. The van der Waals surface area contributed by atoms with E-state index in [4.69, 9.17) is 17.3 Å². The molecule has 1 aliphatic carbocycles. The van der Waals surface area contributed by atoms with Crippen molar-refractivity contribution >= 4 is 45.4 Å². The van der Waals surface area contributed by atoms with E-state index in [1.165, 1.54) is 23.5 Å². The number of hydrogen-bond acceptors (Lipinski definition) is 5. The van der Waals surface area contributed by atoms with Crippen LogP contribution in [0.5, 0.6) is 0 Å². The van der Waals surface area contributed by atoms with Crippen molar-refractivity contribution in [2.45, 2.75) is 40.0 Å². The Labute approximate surface area is 177 Å². The van der Waals surface area contributed by atoms with Crippen molar-refractivity contribution < 1.29 is 14.5 Å². The van der Waals surface area contributed by atoms with Crippen LogP contribution in [0, 0.1) is 21.4 Å². The van der Waals surface area contributed by atoms with Gasteiger partial charge < -0.3 is 11.1 Å². The normalized spacial score (nSPS) is 16.2. The lowest BCUT2D eigenvalue weighted by Gasteiger charge is -2.33. The molecule has 0 radical (unpaired) electrons. The van der Waals surface area contributed by atoms with Crippen molar-refractivity contribution in [1.82, 2.24) is 0 Å². The zero-order valence-corrected chi connectivity index (χ0v) is 17.9. The van der Waals surface area contributed by atoms with E-state index in [0.29, 0.717) is 16.5 Å². The van der Waals surface area contributed by atoms with Gasteiger partial charge in [-0.15, -0.1) is 11.3 Å². The van der Waals surface area contributed by atoms with Crippen LogP contribution in [0.4, 0.5) is 10.7 Å². The number of fused-ring (bicyclic) bond motifs is 1. The SMILES string of the molecule is CC(C)(C)C1CCc2c(sc(NC(=O)c3ccc([N+](=O)[O-])cc3Cl)c2C(N)=O)C1. The highest BCUT2D eigenvalue weighted by Crippen LogP contribution is 2.44. The van der Waals surface area contributed by atoms with Crippen LogP contribution >= 0.6 is 22.9 Å². The number of rotatable bonds is 4. The Kier molecular flexibility index (Phi) is 5.69. The predicted molar refractivity (Wildman–Crippen MR) is 114 cm³/mol. The maximum Gasteiger partial charge on any atom is 0.270 e. The molecule has 0 aliphatic heterocycles. The van der Waals surface area contributed by atoms with Crippen molar-refractivity contribution in [1.29, 1.82) is 0 Å². The molecule has 1 aromatic carbocycles. The van der Waals surface area contributed by atoms with Gasteiger partial charge in [0.25, 0.3) is 17.5 Å². The van der Waals surface area contributed by atoms with E-state index >= 15 is 0 Å². The average Bonchev–Trinajstić information content (AvgIpc) is 2.97. The number of carbonyl (C=O) groups excluding carboxylic acids is 2. The number of hydrogen-bond donors (Lipinski definition) is 2. The molecule has 7 nitrogen and oxygen atoms in total. The number of carbonyl (C=O) groups is 2. The number of anilines is 1. The van der Waals surface area contributed by atoms with Gasteiger partial charge in [-0.2, -0.15) is 0 Å². The Morgan fingerprint density at radius 2 is 2.03 bits per heavy atom. The molecular weight excluding hydrogens is 414 g/mol. The lowest BCUT2D eigenvalue weighted by molar-refractivity contribution is -0.384. The van der Waals surface area contributed by atoms with Crippen molar-refractivity contribution in [3.05, 3.63) is 54.9 Å². The summed E-state index contributed by atoms with van der Waals surface area (Å²) < 4.78 is 0. The molecule has 0 saturated carbocycles. The highest BCUT2D eigenvalue weighted by atomic mass is 35.5. The number of non-ortho nitro benzene ring substituents is 1. The Hall–Kier alpha value is -2.45. The van der Waals surface area contributed by atoms with Gasteiger partial charge in [-0.05, 0) is 42.2 Å². The first-order chi connectivity index (χ1) is 13.5. The van der Waals surface area contributed by atoms with Gasteiger partial charge in [0.2, 0.25) is 0 Å². The first-order valence-electron chi connectivity index (χ1n) is 9.18. The molecule has 1 aliphatic rings. The summed E-state index contributed by atoms with van der Waals surface area (Å²) in [6.07, 6.45) is 2.52. The number of thiophene rings is 1. The lowest BCUT2D eigenvalue weighted by atomic mass is 9.72. The zero-order valence-electron chi connectivity index (χ0n) is 16.4. The van der Waals surface area contributed by atoms with Crippen molar-refractivity contribution in [2.24, 2.45) is 17.1 Å². The molecule has 3 rings (SSSR count). The van der Waals surface area contributed by atoms with Crippen LogP contribution in [0.2, 0.25) is 5.02 Å². The third kappa shape index (κ3) is 4.28. The van der Waals surface area contributed by atoms with Crippen LogP contribution in [0.3, 0.4) is 0 Å². The summed E-state index contributed by atoms with van der Waals surface area (Å²) in [5.74, 6) is -0.651. The van der Waals surface area contributed by atoms with Gasteiger partial charge in [-0.3, -0.25) is 19.7 Å². The summed E-state index contributed by atoms with van der Waals surface area (Å²) in [5, 5.41) is 13.9. The van der Waals surface area contributed by atoms with Crippen molar-refractivity contribution in [3.63, 3.8) is 0 Å². The number of nitrogens with two attached hydrogens (primary N) is 1. The fourth-order valence-corrected chi connectivity index (χ4v) is 5.23. The summed E-state index contributed by atoms with van der Waals surface area (Å²) in [6, 6.07) is 3.63. The molecule has 1 unspecified atom stereocenters. The monoisotopic (exact) mass is 435 g/mol. The van der Waals surface area contributed by atoms with Crippen LogP contribution in [0.15, 0.2) is 18.2 Å². The second-order valence-electron chi connectivity index (χ2n) is 8.25. The number of halogens is 1. The van der Waals surface area contributed by atoms with Crippen LogP contribution in [0.25, 0.3) is 0 Å². The quantitative estimate of drug-likeness (QED) is 0.529. The van der Waals surface area contributed by atoms with Crippen LogP contribution in [-0.4, -0.2) is 16.7 Å². The number of primary amides is 1. The molecule has 2 amide bonds. The Morgan fingerprint density at radius 1 is 1.34 bits per heavy atom. The minimum Gasteiger partial charge on any atom is -0.365 e. The minimum atomic E-state index is -0.586. The molecule has 29 heavy (non-hydrogen) atoms. The van der Waals surface area contributed by atoms with Crippen LogP contribution in [-0.2, 0) is 12.8 Å². The van der Waals surface area contributed by atoms with E-state index in [9.17, 15) is 19.7 Å². The number of benzene rings is 1. The Balaban J connectivity index is 1.92. The van der Waals surface area contributed by atoms with Gasteiger partial charge >= 0.3 is 0 Å². The molecule has 0 fully saturated rings. The number of nitrogens with one attached hydrogen (secondary N) is 1. The highest BCUT2D eigenvalue weighted by molar-refractivity contribution is 7.17. The highest BCUT2D eigenvalue weighted by Gasteiger charge is 2.33. The third-order valence-corrected chi connectivity index (χ3v) is 6.85. The second kappa shape index (κ2) is 7.76. The van der Waals surface area contributed by atoms with E-state index in [-0.39, 0.29) is 21.7 Å². The minimum absolute atomic E-state index is 0.0357.